The Bertz CT molecular complexity index is 1450. The summed E-state index contributed by atoms with van der Waals surface area (Å²) in [5, 5.41) is 24.7. The number of para-hydroxylation sites is 1. The minimum Gasteiger partial charge on any atom is -0.508 e. The van der Waals surface area contributed by atoms with Crippen molar-refractivity contribution in [3.05, 3.63) is 125 Å². The van der Waals surface area contributed by atoms with Gasteiger partial charge in [-0.25, -0.2) is 0 Å². The normalized spacial score (nSPS) is 16.8. The summed E-state index contributed by atoms with van der Waals surface area (Å²) in [4.78, 5) is 27.9. The van der Waals surface area contributed by atoms with Crippen LogP contribution in [0.2, 0.25) is 5.02 Å². The Hall–Kier alpha value is -4.55. The molecule has 1 atom stereocenters. The van der Waals surface area contributed by atoms with E-state index >= 15 is 0 Å². The fourth-order valence-corrected chi connectivity index (χ4v) is 4.35. The van der Waals surface area contributed by atoms with Crippen LogP contribution in [0.1, 0.15) is 17.2 Å². The van der Waals surface area contributed by atoms with Crippen LogP contribution in [-0.4, -0.2) is 21.9 Å². The lowest BCUT2D eigenvalue weighted by atomic mass is 9.95. The zero-order valence-corrected chi connectivity index (χ0v) is 19.7. The van der Waals surface area contributed by atoms with Crippen LogP contribution >= 0.6 is 11.6 Å². The van der Waals surface area contributed by atoms with Gasteiger partial charge in [-0.15, -0.1) is 0 Å². The summed E-state index contributed by atoms with van der Waals surface area (Å²) in [6.07, 6.45) is 0. The van der Waals surface area contributed by atoms with Crippen LogP contribution in [0.25, 0.3) is 5.76 Å². The molecule has 5 rings (SSSR count). The van der Waals surface area contributed by atoms with Crippen molar-refractivity contribution in [3.63, 3.8) is 0 Å². The van der Waals surface area contributed by atoms with Gasteiger partial charge in [0, 0.05) is 27.6 Å². The van der Waals surface area contributed by atoms with E-state index in [0.29, 0.717) is 21.8 Å². The van der Waals surface area contributed by atoms with E-state index in [9.17, 15) is 19.8 Å². The molecular weight excluding hydrogens is 476 g/mol. The van der Waals surface area contributed by atoms with Crippen molar-refractivity contribution >= 4 is 46.1 Å². The molecule has 1 unspecified atom stereocenters. The number of amides is 1. The Morgan fingerprint density at radius 2 is 1.39 bits per heavy atom. The van der Waals surface area contributed by atoms with Crippen LogP contribution in [0.4, 0.5) is 17.1 Å². The SMILES string of the molecule is O=C1C(=O)N(c2ccc(Nc3ccccc3)cc2)C(c2ccc(O)cc2)/C1=C(\O)c1ccc(Cl)cc1. The summed E-state index contributed by atoms with van der Waals surface area (Å²) < 4.78 is 0. The molecule has 0 radical (unpaired) electrons. The molecule has 0 bridgehead atoms. The van der Waals surface area contributed by atoms with Gasteiger partial charge in [0.05, 0.1) is 11.6 Å². The highest BCUT2D eigenvalue weighted by Gasteiger charge is 2.46. The smallest absolute Gasteiger partial charge is 0.300 e. The van der Waals surface area contributed by atoms with Gasteiger partial charge in [-0.05, 0) is 78.4 Å². The lowest BCUT2D eigenvalue weighted by Gasteiger charge is -2.25. The molecule has 4 aromatic carbocycles. The highest BCUT2D eigenvalue weighted by atomic mass is 35.5. The Morgan fingerprint density at radius 3 is 2.03 bits per heavy atom. The Labute approximate surface area is 212 Å². The third-order valence-electron chi connectivity index (χ3n) is 5.98. The largest absolute Gasteiger partial charge is 0.508 e. The molecule has 0 aromatic heterocycles. The second kappa shape index (κ2) is 9.60. The molecule has 1 amide bonds. The number of halogens is 1. The lowest BCUT2D eigenvalue weighted by Crippen LogP contribution is -2.29. The number of ketones is 1. The van der Waals surface area contributed by atoms with Crippen LogP contribution in [0, 0.1) is 0 Å². The predicted octanol–water partition coefficient (Wildman–Crippen LogP) is 6.42. The highest BCUT2D eigenvalue weighted by molar-refractivity contribution is 6.51. The number of benzene rings is 4. The second-order valence-electron chi connectivity index (χ2n) is 8.31. The molecule has 1 aliphatic heterocycles. The number of nitrogens with zero attached hydrogens (tertiary/aromatic N) is 1. The van der Waals surface area contributed by atoms with Crippen molar-refractivity contribution in [2.24, 2.45) is 0 Å². The van der Waals surface area contributed by atoms with Crippen molar-refractivity contribution in [2.45, 2.75) is 6.04 Å². The Morgan fingerprint density at radius 1 is 0.778 bits per heavy atom. The first kappa shape index (κ1) is 23.2. The molecule has 1 aliphatic rings. The van der Waals surface area contributed by atoms with E-state index in [0.717, 1.165) is 11.4 Å². The van der Waals surface area contributed by atoms with Crippen molar-refractivity contribution in [1.29, 1.82) is 0 Å². The number of hydrogen-bond donors (Lipinski definition) is 3. The molecule has 1 heterocycles. The van der Waals surface area contributed by atoms with E-state index in [1.807, 2.05) is 42.5 Å². The number of rotatable bonds is 5. The van der Waals surface area contributed by atoms with Crippen molar-refractivity contribution in [2.75, 3.05) is 10.2 Å². The van der Waals surface area contributed by atoms with E-state index in [4.69, 9.17) is 11.6 Å². The van der Waals surface area contributed by atoms with Gasteiger partial charge in [0.1, 0.15) is 11.5 Å². The second-order valence-corrected chi connectivity index (χ2v) is 8.74. The number of hydrogen-bond acceptors (Lipinski definition) is 5. The van der Waals surface area contributed by atoms with Gasteiger partial charge in [-0.3, -0.25) is 14.5 Å². The molecule has 178 valence electrons. The quantitative estimate of drug-likeness (QED) is 0.169. The standard InChI is InChI=1S/C29H21ClN2O4/c30-20-10-6-19(7-11-20)27(34)25-26(18-8-16-24(33)17-9-18)32(29(36)28(25)35)23-14-12-22(13-15-23)31-21-4-2-1-3-5-21/h1-17,26,31,33-34H/b27-25+. The van der Waals surface area contributed by atoms with Gasteiger partial charge in [0.2, 0.25) is 0 Å². The summed E-state index contributed by atoms with van der Waals surface area (Å²) in [5.74, 6) is -1.81. The number of anilines is 3. The van der Waals surface area contributed by atoms with Crippen molar-refractivity contribution < 1.29 is 19.8 Å². The third-order valence-corrected chi connectivity index (χ3v) is 6.23. The minimum absolute atomic E-state index is 0.0421. The first-order valence-corrected chi connectivity index (χ1v) is 11.6. The Balaban J connectivity index is 1.58. The van der Waals surface area contributed by atoms with Gasteiger partial charge in [0.25, 0.3) is 11.7 Å². The number of phenolic OH excluding ortho intramolecular Hbond substituents is 1. The van der Waals surface area contributed by atoms with E-state index in [-0.39, 0.29) is 17.1 Å². The summed E-state index contributed by atoms with van der Waals surface area (Å²) in [7, 11) is 0. The molecule has 7 heteroatoms. The number of Topliss-reactive ketones (excluding diaryl/α,β-unsaturated/α-hetero) is 1. The van der Waals surface area contributed by atoms with Crippen LogP contribution in [-0.2, 0) is 9.59 Å². The molecule has 6 nitrogen and oxygen atoms in total. The van der Waals surface area contributed by atoms with Crippen LogP contribution in [0.5, 0.6) is 5.75 Å². The fraction of sp³-hybridized carbons (Fsp3) is 0.0345. The van der Waals surface area contributed by atoms with Crippen molar-refractivity contribution in [1.82, 2.24) is 0 Å². The van der Waals surface area contributed by atoms with Crippen molar-refractivity contribution in [3.8, 4) is 5.75 Å². The monoisotopic (exact) mass is 496 g/mol. The number of nitrogens with one attached hydrogen (secondary N) is 1. The summed E-state index contributed by atoms with van der Waals surface area (Å²) in [6, 6.07) is 28.4. The molecule has 1 saturated heterocycles. The zero-order chi connectivity index (χ0) is 25.2. The molecule has 4 aromatic rings. The molecule has 1 fully saturated rings. The maximum Gasteiger partial charge on any atom is 0.300 e. The van der Waals surface area contributed by atoms with Gasteiger partial charge < -0.3 is 15.5 Å². The molecule has 0 saturated carbocycles. The van der Waals surface area contributed by atoms with Crippen LogP contribution in [0.3, 0.4) is 0 Å². The van der Waals surface area contributed by atoms with E-state index in [1.165, 1.54) is 17.0 Å². The number of carbonyl (C=O) groups is 2. The van der Waals surface area contributed by atoms with Crippen LogP contribution in [0.15, 0.2) is 109 Å². The third kappa shape index (κ3) is 4.42. The van der Waals surface area contributed by atoms with E-state index in [2.05, 4.69) is 5.32 Å². The maximum atomic E-state index is 13.3. The first-order valence-electron chi connectivity index (χ1n) is 11.2. The zero-order valence-electron chi connectivity index (χ0n) is 18.9. The topological polar surface area (TPSA) is 89.9 Å². The molecule has 0 aliphatic carbocycles. The van der Waals surface area contributed by atoms with Gasteiger partial charge in [-0.1, -0.05) is 41.9 Å². The van der Waals surface area contributed by atoms with Crippen LogP contribution < -0.4 is 10.2 Å². The molecular formula is C29H21ClN2O4. The predicted molar refractivity (Wildman–Crippen MR) is 141 cm³/mol. The minimum atomic E-state index is -0.894. The number of aromatic hydroxyl groups is 1. The Kier molecular flexibility index (Phi) is 6.19. The summed E-state index contributed by atoms with van der Waals surface area (Å²) in [6.45, 7) is 0. The summed E-state index contributed by atoms with van der Waals surface area (Å²) >= 11 is 5.98. The van der Waals surface area contributed by atoms with Gasteiger partial charge in [-0.2, -0.15) is 0 Å². The number of phenols is 1. The number of aliphatic hydroxyl groups is 1. The van der Waals surface area contributed by atoms with E-state index in [1.54, 1.807) is 48.5 Å². The molecule has 0 spiro atoms. The van der Waals surface area contributed by atoms with Gasteiger partial charge >= 0.3 is 0 Å². The average Bonchev–Trinajstić information content (AvgIpc) is 3.16. The maximum absolute atomic E-state index is 13.3. The summed E-state index contributed by atoms with van der Waals surface area (Å²) in [5.41, 5.74) is 3.10. The highest BCUT2D eigenvalue weighted by Crippen LogP contribution is 2.42. The fourth-order valence-electron chi connectivity index (χ4n) is 4.23. The first-order chi connectivity index (χ1) is 17.4. The average molecular weight is 497 g/mol. The molecule has 3 N–H and O–H groups in total. The number of aliphatic hydroxyl groups excluding tert-OH is 1. The van der Waals surface area contributed by atoms with E-state index < -0.39 is 17.7 Å². The lowest BCUT2D eigenvalue weighted by molar-refractivity contribution is -0.132. The number of carbonyl (C=O) groups excluding carboxylic acids is 2. The van der Waals surface area contributed by atoms with Gasteiger partial charge in [0.15, 0.2) is 0 Å². The molecule has 36 heavy (non-hydrogen) atoms.